The monoisotopic (exact) mass is 548 g/mol. The first-order chi connectivity index (χ1) is 19.4. The van der Waals surface area contributed by atoms with Crippen LogP contribution in [0, 0.1) is 6.92 Å². The minimum Gasteiger partial charge on any atom is -0.495 e. The van der Waals surface area contributed by atoms with E-state index in [1.54, 1.807) is 7.11 Å². The Morgan fingerprint density at radius 2 is 1.90 bits per heavy atom. The highest BCUT2D eigenvalue weighted by atomic mass is 16.6. The van der Waals surface area contributed by atoms with Crippen LogP contribution in [-0.2, 0) is 4.74 Å². The van der Waals surface area contributed by atoms with E-state index in [-0.39, 0.29) is 6.10 Å². The first-order valence-corrected chi connectivity index (χ1v) is 14.8. The summed E-state index contributed by atoms with van der Waals surface area (Å²) in [6.45, 7) is 10.7. The number of piperazine rings is 1. The summed E-state index contributed by atoms with van der Waals surface area (Å²) in [7, 11) is 3.83. The van der Waals surface area contributed by atoms with Crippen molar-refractivity contribution in [1.29, 1.82) is 0 Å². The highest BCUT2D eigenvalue weighted by Gasteiger charge is 2.31. The molecule has 1 saturated carbocycles. The van der Waals surface area contributed by atoms with E-state index in [0.717, 1.165) is 67.1 Å². The van der Waals surface area contributed by atoms with E-state index >= 15 is 0 Å². The summed E-state index contributed by atoms with van der Waals surface area (Å²) in [5.41, 5.74) is 4.36. The first kappa shape index (κ1) is 28.4. The van der Waals surface area contributed by atoms with Gasteiger partial charge in [-0.3, -0.25) is 19.6 Å². The number of imidazole rings is 1. The Kier molecular flexibility index (Phi) is 8.90. The number of ether oxygens (including phenoxy) is 2. The Balaban J connectivity index is 1.37. The standard InChI is InChI=1S/C31H44N6O3/c1-6-7-21(2)40-31(38)33-26-13-10-24(20-27(26)39-5)28-29-22(3)32-14-15-37(29)30(34-28)23-8-11-25(12-9-23)36-18-16-35(4)17-19-36/h10,13-15,20-21,23,25H,6-9,11-12,16-19H2,1-5H3,(H,33,38). The number of amides is 1. The number of likely N-dealkylation sites (N-methyl/N-ethyl adjacent to an activating group) is 1. The SMILES string of the molecule is CCCC(C)OC(=O)Nc1ccc(-c2nc(C3CCC(N4CCN(C)CC4)CC3)n3ccnc(C)c23)cc1OC. The van der Waals surface area contributed by atoms with Crippen LogP contribution >= 0.6 is 0 Å². The van der Waals surface area contributed by atoms with E-state index < -0.39 is 6.09 Å². The van der Waals surface area contributed by atoms with Crippen molar-refractivity contribution < 1.29 is 14.3 Å². The molecule has 216 valence electrons. The van der Waals surface area contributed by atoms with Crippen molar-refractivity contribution in [3.8, 4) is 17.0 Å². The van der Waals surface area contributed by atoms with Gasteiger partial charge in [0.15, 0.2) is 0 Å². The number of fused-ring (bicyclic) bond motifs is 1. The Morgan fingerprint density at radius 1 is 1.15 bits per heavy atom. The second-order valence-corrected chi connectivity index (χ2v) is 11.4. The van der Waals surface area contributed by atoms with E-state index in [0.29, 0.717) is 23.4 Å². The van der Waals surface area contributed by atoms with Gasteiger partial charge in [-0.15, -0.1) is 0 Å². The molecule has 5 rings (SSSR count). The third kappa shape index (κ3) is 6.10. The molecule has 3 heterocycles. The Labute approximate surface area is 237 Å². The molecule has 1 saturated heterocycles. The lowest BCUT2D eigenvalue weighted by molar-refractivity contribution is 0.0872. The van der Waals surface area contributed by atoms with E-state index in [1.165, 1.54) is 25.9 Å². The summed E-state index contributed by atoms with van der Waals surface area (Å²) in [6.07, 6.45) is 9.78. The van der Waals surface area contributed by atoms with Gasteiger partial charge in [-0.25, -0.2) is 9.78 Å². The molecule has 0 bridgehead atoms. The first-order valence-electron chi connectivity index (χ1n) is 14.8. The molecular formula is C31H44N6O3. The van der Waals surface area contributed by atoms with Crippen molar-refractivity contribution in [3.05, 3.63) is 42.1 Å². The Hall–Kier alpha value is -3.17. The molecule has 0 radical (unpaired) electrons. The second-order valence-electron chi connectivity index (χ2n) is 11.4. The maximum Gasteiger partial charge on any atom is 0.412 e. The molecule has 2 aliphatic rings. The lowest BCUT2D eigenvalue weighted by Crippen LogP contribution is -2.49. The van der Waals surface area contributed by atoms with Crippen molar-refractivity contribution in [1.82, 2.24) is 24.2 Å². The van der Waals surface area contributed by atoms with Gasteiger partial charge in [-0.2, -0.15) is 0 Å². The van der Waals surface area contributed by atoms with Gasteiger partial charge < -0.3 is 14.4 Å². The zero-order valence-electron chi connectivity index (χ0n) is 24.7. The van der Waals surface area contributed by atoms with Gasteiger partial charge in [0.25, 0.3) is 0 Å². The average Bonchev–Trinajstić information content (AvgIpc) is 3.35. The number of benzene rings is 1. The van der Waals surface area contributed by atoms with E-state index in [4.69, 9.17) is 14.5 Å². The molecule has 1 aliphatic carbocycles. The van der Waals surface area contributed by atoms with Crippen LogP contribution in [-0.4, -0.2) is 82.7 Å². The zero-order chi connectivity index (χ0) is 28.2. The molecule has 1 aliphatic heterocycles. The molecular weight excluding hydrogens is 504 g/mol. The van der Waals surface area contributed by atoms with Gasteiger partial charge in [0.1, 0.15) is 17.7 Å². The topological polar surface area (TPSA) is 84.2 Å². The van der Waals surface area contributed by atoms with Crippen LogP contribution < -0.4 is 10.1 Å². The number of rotatable bonds is 8. The molecule has 40 heavy (non-hydrogen) atoms. The minimum absolute atomic E-state index is 0.141. The summed E-state index contributed by atoms with van der Waals surface area (Å²) >= 11 is 0. The highest BCUT2D eigenvalue weighted by Crippen LogP contribution is 2.39. The van der Waals surface area contributed by atoms with Crippen LogP contribution in [0.3, 0.4) is 0 Å². The predicted molar refractivity (Wildman–Crippen MR) is 158 cm³/mol. The molecule has 1 unspecified atom stereocenters. The molecule has 3 aromatic rings. The lowest BCUT2D eigenvalue weighted by atomic mass is 9.84. The molecule has 9 heteroatoms. The predicted octanol–water partition coefficient (Wildman–Crippen LogP) is 5.72. The second kappa shape index (κ2) is 12.6. The van der Waals surface area contributed by atoms with E-state index in [2.05, 4.69) is 38.5 Å². The fourth-order valence-corrected chi connectivity index (χ4v) is 6.32. The van der Waals surface area contributed by atoms with E-state index in [1.807, 2.05) is 44.4 Å². The van der Waals surface area contributed by atoms with Gasteiger partial charge in [-0.1, -0.05) is 19.4 Å². The summed E-state index contributed by atoms with van der Waals surface area (Å²) in [5.74, 6) is 2.09. The maximum absolute atomic E-state index is 12.4. The van der Waals surface area contributed by atoms with Gasteiger partial charge >= 0.3 is 6.09 Å². The molecule has 1 N–H and O–H groups in total. The number of carbonyl (C=O) groups is 1. The largest absolute Gasteiger partial charge is 0.495 e. The average molecular weight is 549 g/mol. The maximum atomic E-state index is 12.4. The van der Waals surface area contributed by atoms with Crippen LogP contribution in [0.5, 0.6) is 5.75 Å². The number of anilines is 1. The molecule has 2 aromatic heterocycles. The molecule has 1 aromatic carbocycles. The van der Waals surface area contributed by atoms with Crippen LogP contribution in [0.15, 0.2) is 30.6 Å². The van der Waals surface area contributed by atoms with Crippen molar-refractivity contribution in [3.63, 3.8) is 0 Å². The number of nitrogens with one attached hydrogen (secondary N) is 1. The van der Waals surface area contributed by atoms with Crippen molar-refractivity contribution in [2.45, 2.75) is 77.4 Å². The van der Waals surface area contributed by atoms with Crippen LogP contribution in [0.25, 0.3) is 16.8 Å². The fourth-order valence-electron chi connectivity index (χ4n) is 6.32. The quantitative estimate of drug-likeness (QED) is 0.385. The molecule has 1 atom stereocenters. The van der Waals surface area contributed by atoms with E-state index in [9.17, 15) is 4.79 Å². The number of nitrogens with zero attached hydrogens (tertiary/aromatic N) is 5. The molecule has 2 fully saturated rings. The summed E-state index contributed by atoms with van der Waals surface area (Å²) in [5, 5.41) is 2.84. The van der Waals surface area contributed by atoms with Gasteiger partial charge in [0.05, 0.1) is 29.7 Å². The van der Waals surface area contributed by atoms with Gasteiger partial charge in [-0.05, 0) is 65.1 Å². The summed E-state index contributed by atoms with van der Waals surface area (Å²) in [4.78, 5) is 27.4. The smallest absolute Gasteiger partial charge is 0.412 e. The molecule has 1 amide bonds. The summed E-state index contributed by atoms with van der Waals surface area (Å²) in [6, 6.07) is 6.46. The number of hydrogen-bond acceptors (Lipinski definition) is 7. The number of hydrogen-bond donors (Lipinski definition) is 1. The van der Waals surface area contributed by atoms with Crippen molar-refractivity contribution >= 4 is 17.3 Å². The van der Waals surface area contributed by atoms with Crippen LogP contribution in [0.2, 0.25) is 0 Å². The zero-order valence-corrected chi connectivity index (χ0v) is 24.7. The van der Waals surface area contributed by atoms with Gasteiger partial charge in [0.2, 0.25) is 0 Å². The minimum atomic E-state index is -0.478. The third-order valence-electron chi connectivity index (χ3n) is 8.60. The normalized spacial score (nSPS) is 21.3. The molecule has 9 nitrogen and oxygen atoms in total. The summed E-state index contributed by atoms with van der Waals surface area (Å²) < 4.78 is 13.4. The van der Waals surface area contributed by atoms with Crippen LogP contribution in [0.4, 0.5) is 10.5 Å². The van der Waals surface area contributed by atoms with Crippen molar-refractivity contribution in [2.75, 3.05) is 45.7 Å². The number of carbonyl (C=O) groups excluding carboxylic acids is 1. The number of aryl methyl sites for hydroxylation is 1. The van der Waals surface area contributed by atoms with Gasteiger partial charge in [0, 0.05) is 56.1 Å². The Bertz CT molecular complexity index is 1310. The lowest BCUT2D eigenvalue weighted by Gasteiger charge is -2.41. The molecule has 0 spiro atoms. The van der Waals surface area contributed by atoms with Crippen molar-refractivity contribution in [2.24, 2.45) is 0 Å². The fraction of sp³-hybridized carbons (Fsp3) is 0.581. The van der Waals surface area contributed by atoms with Crippen LogP contribution in [0.1, 0.15) is 69.8 Å². The number of methoxy groups -OCH3 is 1. The third-order valence-corrected chi connectivity index (χ3v) is 8.60. The Morgan fingerprint density at radius 3 is 2.60 bits per heavy atom. The number of aromatic nitrogens is 3. The highest BCUT2D eigenvalue weighted by molar-refractivity contribution is 5.89.